The topological polar surface area (TPSA) is 277 Å². The summed E-state index contributed by atoms with van der Waals surface area (Å²) in [5.74, 6) is -5.95. The summed E-state index contributed by atoms with van der Waals surface area (Å²) in [5.41, 5.74) is 1.52. The van der Waals surface area contributed by atoms with Crippen LogP contribution in [0.2, 0.25) is 0 Å². The Morgan fingerprint density at radius 1 is 0.452 bits per heavy atom. The van der Waals surface area contributed by atoms with Crippen molar-refractivity contribution in [2.75, 3.05) is 13.2 Å². The molecule has 2 heterocycles. The predicted octanol–water partition coefficient (Wildman–Crippen LogP) is -0.219. The Balaban J connectivity index is 1.68. The molecule has 10 atom stereocenters. The van der Waals surface area contributed by atoms with E-state index in [2.05, 4.69) is 21.3 Å². The second-order valence-corrected chi connectivity index (χ2v) is 14.5. The van der Waals surface area contributed by atoms with E-state index < -0.39 is 122 Å². The first-order valence-electron chi connectivity index (χ1n) is 18.9. The van der Waals surface area contributed by atoms with Crippen molar-refractivity contribution in [1.82, 2.24) is 21.3 Å². The number of thiocarbonyl (C=S) groups is 2. The van der Waals surface area contributed by atoms with Crippen LogP contribution in [0.5, 0.6) is 0 Å². The van der Waals surface area contributed by atoms with Gasteiger partial charge in [-0.1, -0.05) is 24.3 Å². The Labute approximate surface area is 366 Å². The number of hydrogen-bond donors (Lipinski definition) is 4. The molecule has 0 unspecified atom stereocenters. The molecule has 3 rings (SSSR count). The average molecular weight is 915 g/mol. The van der Waals surface area contributed by atoms with Crippen LogP contribution in [0.25, 0.3) is 0 Å². The number of esters is 8. The normalized spacial score (nSPS) is 25.2. The minimum absolute atomic E-state index is 0.0234. The average Bonchev–Trinajstić information content (AvgIpc) is 3.15. The lowest BCUT2D eigenvalue weighted by Gasteiger charge is -2.44. The molecule has 24 heteroatoms. The van der Waals surface area contributed by atoms with Gasteiger partial charge >= 0.3 is 47.8 Å². The van der Waals surface area contributed by atoms with Crippen LogP contribution in [-0.4, -0.2) is 132 Å². The van der Waals surface area contributed by atoms with E-state index in [0.717, 1.165) is 66.5 Å². The van der Waals surface area contributed by atoms with Crippen LogP contribution in [0, 0.1) is 0 Å². The van der Waals surface area contributed by atoms with Gasteiger partial charge in [0.25, 0.3) is 0 Å². The molecule has 2 fully saturated rings. The largest absolute Gasteiger partial charge is 0.463 e. The first-order valence-corrected chi connectivity index (χ1v) is 19.7. The maximum absolute atomic E-state index is 12.1. The summed E-state index contributed by atoms with van der Waals surface area (Å²) >= 11 is 11.0. The Morgan fingerprint density at radius 3 is 1.00 bits per heavy atom. The summed E-state index contributed by atoms with van der Waals surface area (Å²) in [4.78, 5) is 95.8. The molecule has 0 spiro atoms. The number of carbonyl (C=O) groups excluding carboxylic acids is 8. The number of hydrogen-bond acceptors (Lipinski definition) is 20. The summed E-state index contributed by atoms with van der Waals surface area (Å²) in [7, 11) is 0. The molecule has 2 aliphatic heterocycles. The highest BCUT2D eigenvalue weighted by molar-refractivity contribution is 7.80. The minimum Gasteiger partial charge on any atom is -0.463 e. The van der Waals surface area contributed by atoms with E-state index in [9.17, 15) is 38.4 Å². The maximum atomic E-state index is 12.1. The van der Waals surface area contributed by atoms with Gasteiger partial charge in [-0.3, -0.25) is 38.4 Å². The van der Waals surface area contributed by atoms with Gasteiger partial charge in [-0.25, -0.2) is 0 Å². The molecule has 2 saturated heterocycles. The highest BCUT2D eigenvalue weighted by Crippen LogP contribution is 2.30. The van der Waals surface area contributed by atoms with Crippen LogP contribution in [-0.2, 0) is 98.8 Å². The molecular formula is C38H50N4O18S2. The van der Waals surface area contributed by atoms with Crippen molar-refractivity contribution in [3.8, 4) is 0 Å². The first-order chi connectivity index (χ1) is 29.1. The van der Waals surface area contributed by atoms with E-state index in [1.165, 1.54) is 0 Å². The van der Waals surface area contributed by atoms with Gasteiger partial charge in [-0.2, -0.15) is 0 Å². The molecule has 2 aliphatic rings. The lowest BCUT2D eigenvalue weighted by Crippen LogP contribution is -2.66. The van der Waals surface area contributed by atoms with E-state index >= 15 is 0 Å². The fraction of sp³-hybridized carbons (Fsp3) is 0.579. The molecule has 1 aromatic carbocycles. The van der Waals surface area contributed by atoms with Crippen molar-refractivity contribution in [3.63, 3.8) is 0 Å². The molecule has 342 valence electrons. The van der Waals surface area contributed by atoms with Crippen molar-refractivity contribution >= 4 is 82.4 Å². The predicted molar refractivity (Wildman–Crippen MR) is 216 cm³/mol. The summed E-state index contributed by atoms with van der Waals surface area (Å²) < 4.78 is 54.8. The fourth-order valence-corrected chi connectivity index (χ4v) is 6.57. The number of benzene rings is 1. The van der Waals surface area contributed by atoms with Crippen molar-refractivity contribution in [1.29, 1.82) is 0 Å². The van der Waals surface area contributed by atoms with Gasteiger partial charge in [-0.15, -0.1) is 0 Å². The monoisotopic (exact) mass is 914 g/mol. The van der Waals surface area contributed by atoms with Gasteiger partial charge < -0.3 is 68.6 Å². The van der Waals surface area contributed by atoms with Crippen LogP contribution in [0.3, 0.4) is 0 Å². The molecule has 22 nitrogen and oxygen atoms in total. The summed E-state index contributed by atoms with van der Waals surface area (Å²) in [5, 5.41) is 11.8. The van der Waals surface area contributed by atoms with E-state index in [1.807, 2.05) is 0 Å². The van der Waals surface area contributed by atoms with Crippen LogP contribution in [0.1, 0.15) is 66.5 Å². The Morgan fingerprint density at radius 2 is 0.726 bits per heavy atom. The second-order valence-electron chi connectivity index (χ2n) is 13.7. The number of carbonyl (C=O) groups is 8. The van der Waals surface area contributed by atoms with Crippen LogP contribution < -0.4 is 21.3 Å². The van der Waals surface area contributed by atoms with Crippen molar-refractivity contribution in [2.45, 2.75) is 130 Å². The highest BCUT2D eigenvalue weighted by Gasteiger charge is 2.54. The Bertz CT molecular complexity index is 1700. The molecule has 62 heavy (non-hydrogen) atoms. The van der Waals surface area contributed by atoms with Crippen LogP contribution >= 0.6 is 24.4 Å². The molecule has 0 aliphatic carbocycles. The van der Waals surface area contributed by atoms with Gasteiger partial charge in [-0.05, 0) is 35.6 Å². The number of ether oxygens (including phenoxy) is 10. The van der Waals surface area contributed by atoms with Gasteiger partial charge in [0.1, 0.15) is 25.4 Å². The van der Waals surface area contributed by atoms with E-state index in [1.54, 1.807) is 24.3 Å². The molecule has 0 saturated carbocycles. The molecule has 0 radical (unpaired) electrons. The van der Waals surface area contributed by atoms with Gasteiger partial charge in [0.2, 0.25) is 0 Å². The van der Waals surface area contributed by atoms with Gasteiger partial charge in [0.15, 0.2) is 59.3 Å². The third-order valence-electron chi connectivity index (χ3n) is 8.46. The lowest BCUT2D eigenvalue weighted by atomic mass is 9.97. The minimum atomic E-state index is -1.38. The summed E-state index contributed by atoms with van der Waals surface area (Å²) in [6.45, 7) is 8.58. The maximum Gasteiger partial charge on any atom is 0.303 e. The van der Waals surface area contributed by atoms with Crippen molar-refractivity contribution < 1.29 is 85.7 Å². The molecule has 4 N–H and O–H groups in total. The van der Waals surface area contributed by atoms with Gasteiger partial charge in [0.05, 0.1) is 0 Å². The fourth-order valence-electron chi connectivity index (χ4n) is 6.19. The van der Waals surface area contributed by atoms with E-state index in [0.29, 0.717) is 0 Å². The van der Waals surface area contributed by atoms with Gasteiger partial charge in [0, 0.05) is 68.5 Å². The lowest BCUT2D eigenvalue weighted by molar-refractivity contribution is -0.255. The SMILES string of the molecule is CC(=O)OC[C@H]1O[C@@H](NC(=S)NCc2ccc(CNC(=S)N[C@@H]3O[C@H](COC(C)=O)[C@@H](OC(C)=O)[C@H](OC(C)=O)[C@H]3OC(C)=O)cc2)[C@H](OC(C)=O)[C@@H](OC(C)=O)[C@@H]1OC(C)=O. The quantitative estimate of drug-likeness (QED) is 0.0948. The Kier molecular flexibility index (Phi) is 19.6. The zero-order chi connectivity index (χ0) is 46.3. The Hall–Kier alpha value is -5.72. The highest BCUT2D eigenvalue weighted by atomic mass is 32.1. The second kappa shape index (κ2) is 24.1. The third kappa shape index (κ3) is 16.6. The summed E-state index contributed by atoms with van der Waals surface area (Å²) in [6.07, 6.45) is -13.0. The summed E-state index contributed by atoms with van der Waals surface area (Å²) in [6, 6.07) is 7.15. The molecule has 0 amide bonds. The van der Waals surface area contributed by atoms with Crippen molar-refractivity contribution in [2.24, 2.45) is 0 Å². The zero-order valence-corrected chi connectivity index (χ0v) is 36.7. The molecular weight excluding hydrogens is 865 g/mol. The van der Waals surface area contributed by atoms with Crippen molar-refractivity contribution in [3.05, 3.63) is 35.4 Å². The van der Waals surface area contributed by atoms with Crippen LogP contribution in [0.4, 0.5) is 0 Å². The smallest absolute Gasteiger partial charge is 0.303 e. The molecule has 1 aromatic rings. The van der Waals surface area contributed by atoms with Crippen LogP contribution in [0.15, 0.2) is 24.3 Å². The van der Waals surface area contributed by atoms with E-state index in [4.69, 9.17) is 71.8 Å². The first kappa shape index (κ1) is 50.6. The molecule has 0 bridgehead atoms. The van der Waals surface area contributed by atoms with E-state index in [-0.39, 0.29) is 23.3 Å². The number of rotatable bonds is 16. The zero-order valence-electron chi connectivity index (χ0n) is 35.1. The third-order valence-corrected chi connectivity index (χ3v) is 8.98. The molecule has 0 aromatic heterocycles. The number of nitrogens with one attached hydrogen (secondary N) is 4. The standard InChI is InChI=1S/C38H50N4O18S2/c1-17(43)51-15-27-29(53-19(3)45)31(55-21(5)47)33(57-23(7)49)35(59-27)41-37(61)39-13-25-9-11-26(12-10-25)14-40-38(62)42-36-34(58-24(8)50)32(56-22(6)48)30(54-20(4)46)28(60-36)16-52-18(2)44/h9-12,27-36H,13-16H2,1-8H3,(H2,39,41,61)(H2,40,42,62)/t27-,28-,29-,30-,31+,32+,33-,34-,35-,36-/m1/s1.